The molecule has 1 N–H and O–H groups in total. The number of piperidine rings is 1. The molecular weight excluding hydrogens is 562 g/mol. The Balaban J connectivity index is 1.56. The zero-order valence-electron chi connectivity index (χ0n) is 25.2. The van der Waals surface area contributed by atoms with Gasteiger partial charge in [0.1, 0.15) is 39.8 Å². The van der Waals surface area contributed by atoms with Crippen molar-refractivity contribution in [3.8, 4) is 11.8 Å². The van der Waals surface area contributed by atoms with Crippen molar-refractivity contribution in [2.24, 2.45) is 0 Å². The first kappa shape index (κ1) is 30.3. The molecule has 0 spiro atoms. The largest absolute Gasteiger partial charge is 0.497 e. The minimum Gasteiger partial charge on any atom is -0.497 e. The Morgan fingerprint density at radius 1 is 1.16 bits per heavy atom. The molecule has 0 unspecified atom stereocenters. The third-order valence-electron chi connectivity index (χ3n) is 7.31. The Morgan fingerprint density at radius 2 is 1.98 bits per heavy atom. The number of nitrogens with zero attached hydrogens (tertiary/aromatic N) is 6. The molecule has 5 rings (SSSR count). The second-order valence-corrected chi connectivity index (χ2v) is 11.7. The summed E-state index contributed by atoms with van der Waals surface area (Å²) >= 11 is 0. The van der Waals surface area contributed by atoms with E-state index >= 15 is 0 Å². The molecule has 1 saturated heterocycles. The number of hydrogen-bond acceptors (Lipinski definition) is 9. The highest BCUT2D eigenvalue weighted by Gasteiger charge is 2.31. The average molecular weight is 598 g/mol. The van der Waals surface area contributed by atoms with E-state index < -0.39 is 17.3 Å². The van der Waals surface area contributed by atoms with Gasteiger partial charge in [0, 0.05) is 30.9 Å². The maximum atomic E-state index is 14.0. The molecule has 4 heterocycles. The number of ketones is 1. The summed E-state index contributed by atoms with van der Waals surface area (Å²) in [6, 6.07) is 14.2. The number of aromatic nitrogens is 4. The van der Waals surface area contributed by atoms with Crippen LogP contribution >= 0.6 is 0 Å². The van der Waals surface area contributed by atoms with Gasteiger partial charge in [-0.1, -0.05) is 18.2 Å². The lowest BCUT2D eigenvalue weighted by molar-refractivity contribution is 0.0499. The van der Waals surface area contributed by atoms with E-state index in [1.165, 1.54) is 18.0 Å². The first-order valence-corrected chi connectivity index (χ1v) is 14.4. The van der Waals surface area contributed by atoms with Crippen LogP contribution in [0.2, 0.25) is 0 Å². The zero-order valence-corrected chi connectivity index (χ0v) is 25.2. The number of methoxy groups -OCH3 is 1. The van der Waals surface area contributed by atoms with E-state index in [9.17, 15) is 19.6 Å². The standard InChI is InChI=1S/C32H35N7O5/c1-32(2,3)44-31(42)36-23-11-8-14-37(17-23)29-25(16-33)27-28(39(29)18-22-10-5-6-13-34-22)30(41)38(20-35-27)19-26(40)21-9-7-12-24(15-21)43-4/h5-7,9-10,12-13,15,20,23H,8,11,14,17-19H2,1-4H3,(H,36,42)/t23-/m0/s1. The predicted molar refractivity (Wildman–Crippen MR) is 164 cm³/mol. The summed E-state index contributed by atoms with van der Waals surface area (Å²) in [6.45, 7) is 6.36. The van der Waals surface area contributed by atoms with E-state index in [1.807, 2.05) is 17.0 Å². The summed E-state index contributed by atoms with van der Waals surface area (Å²) in [5.74, 6) is 0.762. The zero-order chi connectivity index (χ0) is 31.4. The molecule has 228 valence electrons. The SMILES string of the molecule is COc1cccc(C(=O)Cn2cnc3c(C#N)c(N4CCC[C@H](NC(=O)OC(C)(C)C)C4)n(Cc4ccccn4)c3c2=O)c1. The van der Waals surface area contributed by atoms with Crippen molar-refractivity contribution < 1.29 is 19.1 Å². The monoisotopic (exact) mass is 597 g/mol. The predicted octanol–water partition coefficient (Wildman–Crippen LogP) is 3.90. The number of carbonyl (C=O) groups is 2. The van der Waals surface area contributed by atoms with Crippen LogP contribution in [0.3, 0.4) is 0 Å². The molecule has 1 aliphatic heterocycles. The molecule has 1 aliphatic rings. The molecule has 0 aliphatic carbocycles. The number of anilines is 1. The van der Waals surface area contributed by atoms with Crippen LogP contribution in [0.4, 0.5) is 10.6 Å². The van der Waals surface area contributed by atoms with Gasteiger partial charge < -0.3 is 24.3 Å². The maximum Gasteiger partial charge on any atom is 0.407 e. The molecule has 44 heavy (non-hydrogen) atoms. The number of pyridine rings is 1. The lowest BCUT2D eigenvalue weighted by atomic mass is 10.1. The highest BCUT2D eigenvalue weighted by molar-refractivity contribution is 5.96. The highest BCUT2D eigenvalue weighted by atomic mass is 16.6. The molecule has 1 fully saturated rings. The van der Waals surface area contributed by atoms with Gasteiger partial charge in [-0.15, -0.1) is 0 Å². The van der Waals surface area contributed by atoms with Crippen molar-refractivity contribution in [1.82, 2.24) is 24.4 Å². The van der Waals surface area contributed by atoms with Gasteiger partial charge in [0.05, 0.1) is 32.2 Å². The van der Waals surface area contributed by atoms with Crippen molar-refractivity contribution in [3.05, 3.63) is 82.2 Å². The van der Waals surface area contributed by atoms with Crippen LogP contribution in [0.25, 0.3) is 11.0 Å². The van der Waals surface area contributed by atoms with Crippen LogP contribution in [0, 0.1) is 11.3 Å². The molecule has 4 aromatic rings. The average Bonchev–Trinajstić information content (AvgIpc) is 3.31. The molecule has 1 aromatic carbocycles. The number of carbonyl (C=O) groups excluding carboxylic acids is 2. The number of rotatable bonds is 8. The smallest absolute Gasteiger partial charge is 0.407 e. The van der Waals surface area contributed by atoms with Crippen LogP contribution in [0.15, 0.2) is 59.8 Å². The van der Waals surface area contributed by atoms with Gasteiger partial charge in [0.15, 0.2) is 5.78 Å². The fourth-order valence-corrected chi connectivity index (χ4v) is 5.41. The second kappa shape index (κ2) is 12.6. The second-order valence-electron chi connectivity index (χ2n) is 11.7. The third kappa shape index (κ3) is 6.57. The topological polar surface area (TPSA) is 144 Å². The summed E-state index contributed by atoms with van der Waals surface area (Å²) in [5.41, 5.74) is 0.679. The number of nitrogens with one attached hydrogen (secondary N) is 1. The van der Waals surface area contributed by atoms with E-state index in [-0.39, 0.29) is 41.5 Å². The van der Waals surface area contributed by atoms with Crippen molar-refractivity contribution in [1.29, 1.82) is 5.26 Å². The van der Waals surface area contributed by atoms with Gasteiger partial charge in [-0.05, 0) is 57.9 Å². The Bertz CT molecular complexity index is 1780. The van der Waals surface area contributed by atoms with E-state index in [2.05, 4.69) is 21.4 Å². The fourth-order valence-electron chi connectivity index (χ4n) is 5.41. The Morgan fingerprint density at radius 3 is 2.68 bits per heavy atom. The van der Waals surface area contributed by atoms with Gasteiger partial charge in [-0.3, -0.25) is 19.1 Å². The van der Waals surface area contributed by atoms with E-state index in [1.54, 1.807) is 61.9 Å². The van der Waals surface area contributed by atoms with Crippen molar-refractivity contribution >= 4 is 28.7 Å². The Labute approximate surface area is 254 Å². The Hall–Kier alpha value is -5.18. The highest BCUT2D eigenvalue weighted by Crippen LogP contribution is 2.32. The summed E-state index contributed by atoms with van der Waals surface area (Å²) in [4.78, 5) is 50.7. The van der Waals surface area contributed by atoms with Gasteiger partial charge >= 0.3 is 6.09 Å². The normalized spacial score (nSPS) is 15.1. The lowest BCUT2D eigenvalue weighted by Gasteiger charge is -2.35. The number of ether oxygens (including phenoxy) is 2. The first-order valence-electron chi connectivity index (χ1n) is 14.4. The molecule has 1 amide bonds. The van der Waals surface area contributed by atoms with E-state index in [4.69, 9.17) is 9.47 Å². The van der Waals surface area contributed by atoms with E-state index in [0.717, 1.165) is 12.8 Å². The molecule has 0 bridgehead atoms. The minimum atomic E-state index is -0.638. The molecule has 1 atom stereocenters. The summed E-state index contributed by atoms with van der Waals surface area (Å²) < 4.78 is 13.7. The number of hydrogen-bond donors (Lipinski definition) is 1. The number of benzene rings is 1. The van der Waals surface area contributed by atoms with Crippen LogP contribution in [-0.4, -0.2) is 62.8 Å². The van der Waals surface area contributed by atoms with Crippen LogP contribution < -0.4 is 20.5 Å². The fraction of sp³-hybridized carbons (Fsp3) is 0.375. The number of nitriles is 1. The van der Waals surface area contributed by atoms with Gasteiger partial charge in [0.2, 0.25) is 0 Å². The molecule has 3 aromatic heterocycles. The quantitative estimate of drug-likeness (QED) is 0.299. The van der Waals surface area contributed by atoms with Crippen LogP contribution in [0.1, 0.15) is 55.2 Å². The van der Waals surface area contributed by atoms with Gasteiger partial charge in [-0.25, -0.2) is 9.78 Å². The number of alkyl carbamates (subject to hydrolysis) is 1. The number of Topliss-reactive ketones (excluding diaryl/α,β-unsaturated/α-hetero) is 1. The first-order chi connectivity index (χ1) is 21.1. The Kier molecular flexibility index (Phi) is 8.66. The molecule has 0 saturated carbocycles. The minimum absolute atomic E-state index is 0.194. The summed E-state index contributed by atoms with van der Waals surface area (Å²) in [6.07, 6.45) is 3.93. The molecule has 0 radical (unpaired) electrons. The molecular formula is C32H35N7O5. The molecule has 12 nitrogen and oxygen atoms in total. The van der Waals surface area contributed by atoms with Crippen molar-refractivity contribution in [2.45, 2.75) is 58.3 Å². The van der Waals surface area contributed by atoms with Crippen molar-refractivity contribution in [2.75, 3.05) is 25.1 Å². The number of amides is 1. The summed E-state index contributed by atoms with van der Waals surface area (Å²) in [7, 11) is 1.52. The van der Waals surface area contributed by atoms with Gasteiger partial charge in [0.25, 0.3) is 5.56 Å². The maximum absolute atomic E-state index is 14.0. The lowest BCUT2D eigenvalue weighted by Crippen LogP contribution is -2.49. The molecule has 12 heteroatoms. The van der Waals surface area contributed by atoms with Crippen LogP contribution in [0.5, 0.6) is 5.75 Å². The summed E-state index contributed by atoms with van der Waals surface area (Å²) in [5, 5.41) is 13.3. The van der Waals surface area contributed by atoms with Crippen LogP contribution in [-0.2, 0) is 17.8 Å². The van der Waals surface area contributed by atoms with Gasteiger partial charge in [-0.2, -0.15) is 5.26 Å². The number of fused-ring (bicyclic) bond motifs is 1. The van der Waals surface area contributed by atoms with Crippen molar-refractivity contribution in [3.63, 3.8) is 0 Å². The van der Waals surface area contributed by atoms with E-state index in [0.29, 0.717) is 35.9 Å². The third-order valence-corrected chi connectivity index (χ3v) is 7.31.